The number of carbonyl (C=O) groups excluding carboxylic acids is 3. The van der Waals surface area contributed by atoms with Crippen LogP contribution in [0.2, 0.25) is 0 Å². The van der Waals surface area contributed by atoms with Crippen molar-refractivity contribution in [2.75, 3.05) is 25.3 Å². The smallest absolute Gasteiger partial charge is 0.294 e. The van der Waals surface area contributed by atoms with Crippen molar-refractivity contribution in [3.8, 4) is 17.2 Å². The van der Waals surface area contributed by atoms with E-state index in [9.17, 15) is 14.4 Å². The van der Waals surface area contributed by atoms with Crippen LogP contribution in [-0.2, 0) is 9.59 Å². The second-order valence-corrected chi connectivity index (χ2v) is 8.82. The van der Waals surface area contributed by atoms with E-state index in [1.165, 1.54) is 0 Å². The van der Waals surface area contributed by atoms with E-state index in [0.717, 1.165) is 27.6 Å². The number of fused-ring (bicyclic) bond motifs is 1. The van der Waals surface area contributed by atoms with Crippen LogP contribution in [-0.4, -0.2) is 41.9 Å². The molecule has 1 saturated heterocycles. The molecule has 0 aliphatic carbocycles. The van der Waals surface area contributed by atoms with Crippen molar-refractivity contribution in [2.45, 2.75) is 13.3 Å². The molecule has 4 rings (SSSR count). The van der Waals surface area contributed by atoms with Crippen molar-refractivity contribution >= 4 is 56.5 Å². The number of amides is 3. The summed E-state index contributed by atoms with van der Waals surface area (Å²) in [6.07, 6.45) is 2.45. The molecule has 1 N–H and O–H groups in total. The molecule has 0 unspecified atom stereocenters. The highest BCUT2D eigenvalue weighted by Crippen LogP contribution is 2.36. The van der Waals surface area contributed by atoms with Gasteiger partial charge in [-0.3, -0.25) is 19.3 Å². The Hall–Kier alpha value is -2.98. The zero-order valence-corrected chi connectivity index (χ0v) is 19.5. The summed E-state index contributed by atoms with van der Waals surface area (Å²) in [5, 5.41) is 2.16. The number of nitrogens with one attached hydrogen (secondary N) is 1. The Balaban J connectivity index is 1.46. The average molecular weight is 519 g/mol. The third-order valence-corrected chi connectivity index (χ3v) is 5.95. The van der Waals surface area contributed by atoms with E-state index in [-0.39, 0.29) is 11.7 Å². The van der Waals surface area contributed by atoms with Crippen LogP contribution in [0.5, 0.6) is 17.2 Å². The number of thioether (sulfide) groups is 1. The van der Waals surface area contributed by atoms with Crippen LogP contribution in [0, 0.1) is 0 Å². The highest BCUT2D eigenvalue weighted by atomic mass is 79.9. The summed E-state index contributed by atoms with van der Waals surface area (Å²) < 4.78 is 17.1. The van der Waals surface area contributed by atoms with E-state index in [4.69, 9.17) is 14.2 Å². The van der Waals surface area contributed by atoms with E-state index in [1.807, 2.05) is 19.1 Å². The fraction of sp³-hybridized carbons (Fsp3) is 0.227. The van der Waals surface area contributed by atoms with Crippen LogP contribution in [0.3, 0.4) is 0 Å². The molecule has 0 saturated carbocycles. The number of hydrogen-bond donors (Lipinski definition) is 1. The molecule has 0 bridgehead atoms. The molecule has 2 aromatic carbocycles. The van der Waals surface area contributed by atoms with Gasteiger partial charge in [0, 0.05) is 21.8 Å². The van der Waals surface area contributed by atoms with Crippen molar-refractivity contribution in [1.82, 2.24) is 4.90 Å². The third kappa shape index (κ3) is 4.91. The molecule has 0 atom stereocenters. The molecule has 0 aromatic heterocycles. The Bertz CT molecular complexity index is 1120. The molecule has 8 nitrogen and oxygen atoms in total. The fourth-order valence-electron chi connectivity index (χ4n) is 3.07. The van der Waals surface area contributed by atoms with Gasteiger partial charge in [-0.2, -0.15) is 0 Å². The Kier molecular flexibility index (Phi) is 6.71. The first-order chi connectivity index (χ1) is 15.4. The molecule has 32 heavy (non-hydrogen) atoms. The second-order valence-electron chi connectivity index (χ2n) is 6.91. The van der Waals surface area contributed by atoms with Crippen LogP contribution >= 0.6 is 27.7 Å². The van der Waals surface area contributed by atoms with Gasteiger partial charge in [-0.1, -0.05) is 22.9 Å². The predicted octanol–water partition coefficient (Wildman–Crippen LogP) is 4.64. The maximum absolute atomic E-state index is 12.8. The lowest BCUT2D eigenvalue weighted by Gasteiger charge is -2.13. The monoisotopic (exact) mass is 518 g/mol. The maximum atomic E-state index is 12.8. The molecular formula is C22H19BrN2O6S. The number of nitrogens with zero attached hydrogens (tertiary/aromatic N) is 1. The van der Waals surface area contributed by atoms with Crippen LogP contribution in [0.1, 0.15) is 18.9 Å². The van der Waals surface area contributed by atoms with Gasteiger partial charge in [0.2, 0.25) is 12.7 Å². The number of imide groups is 1. The van der Waals surface area contributed by atoms with Gasteiger partial charge in [-0.05, 0) is 54.6 Å². The zero-order chi connectivity index (χ0) is 22.7. The Morgan fingerprint density at radius 2 is 2.03 bits per heavy atom. The minimum Gasteiger partial charge on any atom is -0.493 e. The van der Waals surface area contributed by atoms with Gasteiger partial charge in [-0.25, -0.2) is 0 Å². The van der Waals surface area contributed by atoms with Gasteiger partial charge in [0.1, 0.15) is 12.3 Å². The summed E-state index contributed by atoms with van der Waals surface area (Å²) in [5.41, 5.74) is 1.15. The van der Waals surface area contributed by atoms with Crippen LogP contribution in [0.25, 0.3) is 6.08 Å². The Morgan fingerprint density at radius 3 is 2.84 bits per heavy atom. The highest BCUT2D eigenvalue weighted by molar-refractivity contribution is 9.10. The minimum atomic E-state index is -0.526. The number of halogens is 1. The van der Waals surface area contributed by atoms with Gasteiger partial charge in [0.05, 0.1) is 11.5 Å². The average Bonchev–Trinajstić information content (AvgIpc) is 3.33. The van der Waals surface area contributed by atoms with E-state index < -0.39 is 23.6 Å². The molecule has 0 spiro atoms. The Labute approximate surface area is 197 Å². The van der Waals surface area contributed by atoms with Crippen molar-refractivity contribution in [1.29, 1.82) is 0 Å². The summed E-state index contributed by atoms with van der Waals surface area (Å²) in [7, 11) is 0. The first-order valence-corrected chi connectivity index (χ1v) is 11.4. The van der Waals surface area contributed by atoms with Crippen molar-refractivity contribution in [3.05, 3.63) is 51.3 Å². The van der Waals surface area contributed by atoms with Gasteiger partial charge in [-0.15, -0.1) is 0 Å². The first-order valence-electron chi connectivity index (χ1n) is 9.82. The summed E-state index contributed by atoms with van der Waals surface area (Å²) in [6, 6.07) is 10.4. The zero-order valence-electron chi connectivity index (χ0n) is 17.1. The lowest BCUT2D eigenvalue weighted by atomic mass is 10.2. The third-order valence-electron chi connectivity index (χ3n) is 4.55. The standard InChI is InChI=1S/C22H19BrN2O6S/c1-2-7-29-16-5-3-14(23)8-13(16)9-19-21(27)25(22(28)32-19)11-20(26)24-15-4-6-17-18(10-15)31-12-30-17/h3-6,8-10H,2,7,11-12H2,1H3,(H,24,26)/b19-9+. The number of rotatable bonds is 7. The highest BCUT2D eigenvalue weighted by Gasteiger charge is 2.36. The molecule has 166 valence electrons. The van der Waals surface area contributed by atoms with Gasteiger partial charge in [0.15, 0.2) is 11.5 Å². The molecule has 10 heteroatoms. The van der Waals surface area contributed by atoms with E-state index in [2.05, 4.69) is 21.2 Å². The van der Waals surface area contributed by atoms with E-state index in [1.54, 1.807) is 30.3 Å². The Morgan fingerprint density at radius 1 is 1.22 bits per heavy atom. The molecule has 2 aromatic rings. The van der Waals surface area contributed by atoms with Gasteiger partial charge >= 0.3 is 0 Å². The molecule has 1 fully saturated rings. The number of carbonyl (C=O) groups is 3. The first kappa shape index (κ1) is 22.2. The lowest BCUT2D eigenvalue weighted by Crippen LogP contribution is -2.36. The second kappa shape index (κ2) is 9.66. The SMILES string of the molecule is CCCOc1ccc(Br)cc1/C=C1/SC(=O)N(CC(=O)Nc2ccc3c(c2)OCO3)C1=O. The van der Waals surface area contributed by atoms with Crippen LogP contribution in [0.15, 0.2) is 45.8 Å². The van der Waals surface area contributed by atoms with E-state index in [0.29, 0.717) is 35.1 Å². The maximum Gasteiger partial charge on any atom is 0.294 e. The van der Waals surface area contributed by atoms with Crippen molar-refractivity contribution < 1.29 is 28.6 Å². The van der Waals surface area contributed by atoms with E-state index >= 15 is 0 Å². The van der Waals surface area contributed by atoms with Crippen LogP contribution < -0.4 is 19.5 Å². The quantitative estimate of drug-likeness (QED) is 0.533. The molecular weight excluding hydrogens is 500 g/mol. The molecule has 2 aliphatic rings. The van der Waals surface area contributed by atoms with Crippen molar-refractivity contribution in [3.63, 3.8) is 0 Å². The fourth-order valence-corrected chi connectivity index (χ4v) is 4.28. The topological polar surface area (TPSA) is 94.2 Å². The molecule has 2 heterocycles. The normalized spacial score (nSPS) is 16.1. The number of ether oxygens (including phenoxy) is 3. The molecule has 2 aliphatic heterocycles. The van der Waals surface area contributed by atoms with Gasteiger partial charge < -0.3 is 19.5 Å². The number of anilines is 1. The summed E-state index contributed by atoms with van der Waals surface area (Å²) in [6.45, 7) is 2.26. The summed E-state index contributed by atoms with van der Waals surface area (Å²) in [4.78, 5) is 38.8. The lowest BCUT2D eigenvalue weighted by molar-refractivity contribution is -0.127. The number of benzene rings is 2. The summed E-state index contributed by atoms with van der Waals surface area (Å²) in [5.74, 6) is 0.701. The van der Waals surface area contributed by atoms with Crippen molar-refractivity contribution in [2.24, 2.45) is 0 Å². The largest absolute Gasteiger partial charge is 0.493 e. The molecule has 3 amide bonds. The predicted molar refractivity (Wildman–Crippen MR) is 124 cm³/mol. The van der Waals surface area contributed by atoms with Gasteiger partial charge in [0.25, 0.3) is 11.1 Å². The minimum absolute atomic E-state index is 0.124. The summed E-state index contributed by atoms with van der Waals surface area (Å²) >= 11 is 4.20. The van der Waals surface area contributed by atoms with Crippen LogP contribution in [0.4, 0.5) is 10.5 Å². The molecule has 0 radical (unpaired) electrons. The number of hydrogen-bond acceptors (Lipinski definition) is 7.